The van der Waals surface area contributed by atoms with E-state index in [1.165, 1.54) is 24.3 Å². The Kier molecular flexibility index (Phi) is 6.01. The van der Waals surface area contributed by atoms with E-state index < -0.39 is 21.6 Å². The molecule has 0 bridgehead atoms. The lowest BCUT2D eigenvalue weighted by Crippen LogP contribution is -2.54. The van der Waals surface area contributed by atoms with E-state index in [-0.39, 0.29) is 16.7 Å². The summed E-state index contributed by atoms with van der Waals surface area (Å²) >= 11 is 5.76. The van der Waals surface area contributed by atoms with Crippen molar-refractivity contribution < 1.29 is 13.2 Å². The SMILES string of the molecule is CC(C)C(NS(=O)(=O)c1ccc(Cl)cc1)C(=O)NC(C)(C)C. The fraction of sp³-hybridized carbons (Fsp3) is 0.533. The number of benzene rings is 1. The van der Waals surface area contributed by atoms with Crippen LogP contribution in [0, 0.1) is 5.92 Å². The van der Waals surface area contributed by atoms with Crippen molar-refractivity contribution in [2.45, 2.75) is 51.1 Å². The van der Waals surface area contributed by atoms with Crippen molar-refractivity contribution in [3.8, 4) is 0 Å². The van der Waals surface area contributed by atoms with Gasteiger partial charge in [0.25, 0.3) is 0 Å². The fourth-order valence-corrected chi connectivity index (χ4v) is 3.26. The van der Waals surface area contributed by atoms with E-state index in [4.69, 9.17) is 11.6 Å². The standard InChI is InChI=1S/C15H23ClN2O3S/c1-10(2)13(14(19)17-15(3,4)5)18-22(20,21)12-8-6-11(16)7-9-12/h6-10,13,18H,1-5H3,(H,17,19). The predicted octanol–water partition coefficient (Wildman–Crippen LogP) is 2.56. The number of nitrogens with one attached hydrogen (secondary N) is 2. The van der Waals surface area contributed by atoms with Crippen LogP contribution < -0.4 is 10.0 Å². The van der Waals surface area contributed by atoms with Gasteiger partial charge in [-0.2, -0.15) is 4.72 Å². The number of hydrogen-bond acceptors (Lipinski definition) is 3. The molecule has 22 heavy (non-hydrogen) atoms. The fourth-order valence-electron chi connectivity index (χ4n) is 1.79. The Labute approximate surface area is 137 Å². The Morgan fingerprint density at radius 2 is 1.64 bits per heavy atom. The lowest BCUT2D eigenvalue weighted by atomic mass is 10.0. The first-order valence-electron chi connectivity index (χ1n) is 7.02. The van der Waals surface area contributed by atoms with Gasteiger partial charge in [-0.05, 0) is 51.0 Å². The first-order chi connectivity index (χ1) is 9.92. The minimum atomic E-state index is -3.79. The molecular formula is C15H23ClN2O3S. The summed E-state index contributed by atoms with van der Waals surface area (Å²) in [4.78, 5) is 12.4. The molecule has 124 valence electrons. The van der Waals surface area contributed by atoms with Gasteiger partial charge in [0.1, 0.15) is 6.04 Å². The van der Waals surface area contributed by atoms with Crippen LogP contribution in [0.15, 0.2) is 29.2 Å². The third-order valence-corrected chi connectivity index (χ3v) is 4.56. The van der Waals surface area contributed by atoms with Gasteiger partial charge in [0.05, 0.1) is 4.90 Å². The van der Waals surface area contributed by atoms with Crippen molar-refractivity contribution >= 4 is 27.5 Å². The van der Waals surface area contributed by atoms with Gasteiger partial charge >= 0.3 is 0 Å². The first kappa shape index (κ1) is 18.9. The molecule has 0 fully saturated rings. The third-order valence-electron chi connectivity index (χ3n) is 2.85. The molecule has 5 nitrogen and oxygen atoms in total. The zero-order valence-electron chi connectivity index (χ0n) is 13.5. The second-order valence-corrected chi connectivity index (χ2v) is 8.69. The van der Waals surface area contributed by atoms with Crippen LogP contribution in [-0.2, 0) is 14.8 Å². The van der Waals surface area contributed by atoms with Crippen LogP contribution in [0.25, 0.3) is 0 Å². The molecule has 0 aromatic heterocycles. The molecule has 0 aliphatic heterocycles. The second kappa shape index (κ2) is 6.98. The summed E-state index contributed by atoms with van der Waals surface area (Å²) in [6.45, 7) is 9.11. The molecule has 0 saturated heterocycles. The predicted molar refractivity (Wildman–Crippen MR) is 88.3 cm³/mol. The summed E-state index contributed by atoms with van der Waals surface area (Å²) in [5.41, 5.74) is -0.435. The van der Waals surface area contributed by atoms with E-state index in [1.54, 1.807) is 13.8 Å². The van der Waals surface area contributed by atoms with Crippen molar-refractivity contribution in [2.24, 2.45) is 5.92 Å². The summed E-state index contributed by atoms with van der Waals surface area (Å²) in [5.74, 6) is -0.538. The number of rotatable bonds is 5. The van der Waals surface area contributed by atoms with Crippen molar-refractivity contribution in [1.82, 2.24) is 10.0 Å². The van der Waals surface area contributed by atoms with Gasteiger partial charge in [0, 0.05) is 10.6 Å². The van der Waals surface area contributed by atoms with Crippen LogP contribution in [0.2, 0.25) is 5.02 Å². The molecule has 0 radical (unpaired) electrons. The van der Waals surface area contributed by atoms with Crippen LogP contribution >= 0.6 is 11.6 Å². The summed E-state index contributed by atoms with van der Waals surface area (Å²) in [6.07, 6.45) is 0. The zero-order valence-corrected chi connectivity index (χ0v) is 15.0. The number of sulfonamides is 1. The number of carbonyl (C=O) groups excluding carboxylic acids is 1. The van der Waals surface area contributed by atoms with Gasteiger partial charge in [-0.3, -0.25) is 4.79 Å². The highest BCUT2D eigenvalue weighted by atomic mass is 35.5. The van der Waals surface area contributed by atoms with E-state index in [9.17, 15) is 13.2 Å². The monoisotopic (exact) mass is 346 g/mol. The van der Waals surface area contributed by atoms with Gasteiger partial charge in [-0.25, -0.2) is 8.42 Å². The van der Waals surface area contributed by atoms with Crippen molar-refractivity contribution in [2.75, 3.05) is 0 Å². The smallest absolute Gasteiger partial charge is 0.241 e. The zero-order chi connectivity index (χ0) is 17.1. The maximum Gasteiger partial charge on any atom is 0.241 e. The van der Waals surface area contributed by atoms with E-state index in [0.717, 1.165) is 0 Å². The van der Waals surface area contributed by atoms with Gasteiger partial charge in [0.15, 0.2) is 0 Å². The van der Waals surface area contributed by atoms with E-state index in [1.807, 2.05) is 20.8 Å². The van der Waals surface area contributed by atoms with Crippen LogP contribution in [0.5, 0.6) is 0 Å². The van der Waals surface area contributed by atoms with Gasteiger partial charge < -0.3 is 5.32 Å². The molecule has 0 heterocycles. The molecule has 0 aliphatic rings. The highest BCUT2D eigenvalue weighted by molar-refractivity contribution is 7.89. The molecular weight excluding hydrogens is 324 g/mol. The molecule has 1 amide bonds. The minimum absolute atomic E-state index is 0.0751. The lowest BCUT2D eigenvalue weighted by molar-refractivity contribution is -0.125. The normalized spacial score (nSPS) is 14.0. The van der Waals surface area contributed by atoms with Crippen molar-refractivity contribution in [3.63, 3.8) is 0 Å². The first-order valence-corrected chi connectivity index (χ1v) is 8.88. The van der Waals surface area contributed by atoms with Gasteiger partial charge in [-0.1, -0.05) is 25.4 Å². The molecule has 2 N–H and O–H groups in total. The summed E-state index contributed by atoms with van der Waals surface area (Å²) < 4.78 is 27.3. The topological polar surface area (TPSA) is 75.3 Å². The molecule has 1 atom stereocenters. The molecule has 1 unspecified atom stereocenters. The lowest BCUT2D eigenvalue weighted by Gasteiger charge is -2.27. The van der Waals surface area contributed by atoms with Crippen LogP contribution in [0.3, 0.4) is 0 Å². The average molecular weight is 347 g/mol. The van der Waals surface area contributed by atoms with Crippen LogP contribution in [0.1, 0.15) is 34.6 Å². The van der Waals surface area contributed by atoms with Crippen LogP contribution in [0.4, 0.5) is 0 Å². The van der Waals surface area contributed by atoms with Crippen molar-refractivity contribution in [1.29, 1.82) is 0 Å². The minimum Gasteiger partial charge on any atom is -0.350 e. The molecule has 0 aliphatic carbocycles. The number of amides is 1. The third kappa shape index (κ3) is 5.59. The van der Waals surface area contributed by atoms with Gasteiger partial charge in [0.2, 0.25) is 15.9 Å². The van der Waals surface area contributed by atoms with Gasteiger partial charge in [-0.15, -0.1) is 0 Å². The number of halogens is 1. The maximum atomic E-state index is 12.4. The van der Waals surface area contributed by atoms with E-state index in [2.05, 4.69) is 10.0 Å². The highest BCUT2D eigenvalue weighted by Crippen LogP contribution is 2.16. The summed E-state index contributed by atoms with van der Waals surface area (Å²) in [6, 6.07) is 4.96. The quantitative estimate of drug-likeness (QED) is 0.860. The summed E-state index contributed by atoms with van der Waals surface area (Å²) in [7, 11) is -3.79. The Bertz CT molecular complexity index is 619. The van der Waals surface area contributed by atoms with E-state index >= 15 is 0 Å². The highest BCUT2D eigenvalue weighted by Gasteiger charge is 2.30. The number of hydrogen-bond donors (Lipinski definition) is 2. The molecule has 7 heteroatoms. The molecule has 0 spiro atoms. The van der Waals surface area contributed by atoms with Crippen LogP contribution in [-0.4, -0.2) is 25.9 Å². The van der Waals surface area contributed by atoms with E-state index in [0.29, 0.717) is 5.02 Å². The molecule has 1 rings (SSSR count). The second-order valence-electron chi connectivity index (χ2n) is 6.54. The Morgan fingerprint density at radius 3 is 2.05 bits per heavy atom. The molecule has 1 aromatic rings. The Morgan fingerprint density at radius 1 is 1.14 bits per heavy atom. The molecule has 0 saturated carbocycles. The summed E-state index contributed by atoms with van der Waals surface area (Å²) in [5, 5.41) is 3.25. The van der Waals surface area contributed by atoms with Crippen molar-refractivity contribution in [3.05, 3.63) is 29.3 Å². The number of carbonyl (C=O) groups is 1. The largest absolute Gasteiger partial charge is 0.350 e. The average Bonchev–Trinajstić information content (AvgIpc) is 2.34. The Balaban J connectivity index is 3.00. The molecule has 1 aromatic carbocycles. The Hall–Kier alpha value is -1.11. The maximum absolute atomic E-state index is 12.4.